The molecular formula is C17H24N4O2. The maximum absolute atomic E-state index is 12.3. The fourth-order valence-electron chi connectivity index (χ4n) is 3.17. The van der Waals surface area contributed by atoms with E-state index in [1.807, 2.05) is 6.07 Å². The third-order valence-corrected chi connectivity index (χ3v) is 5.02. The number of nitrogens with zero attached hydrogens (tertiary/aromatic N) is 2. The van der Waals surface area contributed by atoms with Gasteiger partial charge in [0.25, 0.3) is 5.91 Å². The van der Waals surface area contributed by atoms with Crippen molar-refractivity contribution in [3.63, 3.8) is 0 Å². The molecule has 23 heavy (non-hydrogen) atoms. The average Bonchev–Trinajstić information content (AvgIpc) is 2.50. The summed E-state index contributed by atoms with van der Waals surface area (Å²) >= 11 is 0. The Hall–Kier alpha value is -2.29. The zero-order chi connectivity index (χ0) is 17.1. The predicted octanol–water partition coefficient (Wildman–Crippen LogP) is 1.63. The van der Waals surface area contributed by atoms with E-state index < -0.39 is 5.91 Å². The summed E-state index contributed by atoms with van der Waals surface area (Å²) in [5.74, 6) is 0.294. The molecule has 1 saturated carbocycles. The van der Waals surface area contributed by atoms with E-state index in [9.17, 15) is 9.59 Å². The van der Waals surface area contributed by atoms with Crippen LogP contribution in [0.5, 0.6) is 0 Å². The summed E-state index contributed by atoms with van der Waals surface area (Å²) in [6.45, 7) is 9.66. The number of allylic oxidation sites excluding steroid dienone is 1. The van der Waals surface area contributed by atoms with Gasteiger partial charge in [-0.05, 0) is 30.8 Å². The van der Waals surface area contributed by atoms with Gasteiger partial charge in [-0.1, -0.05) is 33.3 Å². The van der Waals surface area contributed by atoms with Gasteiger partial charge in [0.2, 0.25) is 5.91 Å². The lowest BCUT2D eigenvalue weighted by atomic mass is 9.78. The standard InChI is InChI=1S/C17H24N4O2/c1-10-6-5-7-15(11(10)2)19-16(22)9-21-17(23)14(8-18)12(3)13(4)20-21/h10-11,15,20H,4-7,9H2,1-3H3,(H,19,22). The van der Waals surface area contributed by atoms with E-state index in [1.54, 1.807) is 6.92 Å². The van der Waals surface area contributed by atoms with Crippen LogP contribution in [0.2, 0.25) is 0 Å². The molecule has 0 aromatic rings. The van der Waals surface area contributed by atoms with Gasteiger partial charge in [0.1, 0.15) is 18.2 Å². The Labute approximate surface area is 137 Å². The van der Waals surface area contributed by atoms with Crippen molar-refractivity contribution in [2.24, 2.45) is 11.8 Å². The highest BCUT2D eigenvalue weighted by atomic mass is 16.2. The Morgan fingerprint density at radius 2 is 2.17 bits per heavy atom. The summed E-state index contributed by atoms with van der Waals surface area (Å²) in [7, 11) is 0. The van der Waals surface area contributed by atoms with Crippen LogP contribution in [0.15, 0.2) is 23.4 Å². The molecule has 124 valence electrons. The summed E-state index contributed by atoms with van der Waals surface area (Å²) < 4.78 is 0. The van der Waals surface area contributed by atoms with Crippen molar-refractivity contribution < 1.29 is 9.59 Å². The average molecular weight is 316 g/mol. The second-order valence-electron chi connectivity index (χ2n) is 6.53. The molecule has 2 rings (SSSR count). The Morgan fingerprint density at radius 1 is 1.48 bits per heavy atom. The molecule has 6 nitrogen and oxygen atoms in total. The van der Waals surface area contributed by atoms with Crippen LogP contribution < -0.4 is 10.7 Å². The van der Waals surface area contributed by atoms with E-state index in [4.69, 9.17) is 5.26 Å². The van der Waals surface area contributed by atoms with E-state index in [2.05, 4.69) is 31.2 Å². The van der Waals surface area contributed by atoms with E-state index in [0.29, 0.717) is 23.1 Å². The smallest absolute Gasteiger partial charge is 0.283 e. The second-order valence-corrected chi connectivity index (χ2v) is 6.53. The Kier molecular flexibility index (Phi) is 5.09. The topological polar surface area (TPSA) is 85.2 Å². The van der Waals surface area contributed by atoms with E-state index in [0.717, 1.165) is 17.9 Å². The minimum absolute atomic E-state index is 0.0289. The fourth-order valence-corrected chi connectivity index (χ4v) is 3.17. The number of hydrogen-bond donors (Lipinski definition) is 2. The molecule has 0 aromatic heterocycles. The zero-order valence-electron chi connectivity index (χ0n) is 14.0. The van der Waals surface area contributed by atoms with E-state index in [-0.39, 0.29) is 24.1 Å². The van der Waals surface area contributed by atoms with Gasteiger partial charge in [0.05, 0.1) is 5.70 Å². The third-order valence-electron chi connectivity index (χ3n) is 5.02. The SMILES string of the molecule is C=C1NN(CC(=O)NC2CCCC(C)C2C)C(=O)C(C#N)=C1C. The van der Waals surface area contributed by atoms with Crippen LogP contribution in [0.3, 0.4) is 0 Å². The number of rotatable bonds is 3. The van der Waals surface area contributed by atoms with Gasteiger partial charge < -0.3 is 5.32 Å². The first-order valence-corrected chi connectivity index (χ1v) is 8.03. The van der Waals surface area contributed by atoms with Gasteiger partial charge in [-0.15, -0.1) is 0 Å². The number of amides is 2. The molecular weight excluding hydrogens is 292 g/mol. The number of carbonyl (C=O) groups excluding carboxylic acids is 2. The van der Waals surface area contributed by atoms with Gasteiger partial charge in [0.15, 0.2) is 0 Å². The van der Waals surface area contributed by atoms with Gasteiger partial charge in [-0.3, -0.25) is 15.0 Å². The van der Waals surface area contributed by atoms with Crippen molar-refractivity contribution in [3.05, 3.63) is 23.4 Å². The molecule has 6 heteroatoms. The Balaban J connectivity index is 2.00. The molecule has 2 aliphatic rings. The molecule has 1 fully saturated rings. The summed E-state index contributed by atoms with van der Waals surface area (Å²) in [5, 5.41) is 13.3. The maximum atomic E-state index is 12.3. The largest absolute Gasteiger partial charge is 0.351 e. The first kappa shape index (κ1) is 17.1. The lowest BCUT2D eigenvalue weighted by Crippen LogP contribution is -2.53. The molecule has 0 saturated heterocycles. The van der Waals surface area contributed by atoms with Gasteiger partial charge in [0, 0.05) is 6.04 Å². The van der Waals surface area contributed by atoms with Gasteiger partial charge in [-0.2, -0.15) is 5.26 Å². The van der Waals surface area contributed by atoms with Crippen molar-refractivity contribution >= 4 is 11.8 Å². The predicted molar refractivity (Wildman–Crippen MR) is 86.4 cm³/mol. The molecule has 3 unspecified atom stereocenters. The molecule has 3 atom stereocenters. The number of hydrogen-bond acceptors (Lipinski definition) is 4. The normalized spacial score (nSPS) is 28.3. The second kappa shape index (κ2) is 6.86. The Morgan fingerprint density at radius 3 is 2.83 bits per heavy atom. The molecule has 2 N–H and O–H groups in total. The van der Waals surface area contributed by atoms with Crippen LogP contribution in [0.25, 0.3) is 0 Å². The van der Waals surface area contributed by atoms with Crippen molar-refractivity contribution in [2.45, 2.75) is 46.1 Å². The van der Waals surface area contributed by atoms with Crippen LogP contribution in [0.1, 0.15) is 40.0 Å². The minimum atomic E-state index is -0.488. The summed E-state index contributed by atoms with van der Waals surface area (Å²) in [6, 6.07) is 2.03. The minimum Gasteiger partial charge on any atom is -0.351 e. The third kappa shape index (κ3) is 3.55. The molecule has 1 heterocycles. The first-order chi connectivity index (χ1) is 10.8. The van der Waals surface area contributed by atoms with Crippen LogP contribution >= 0.6 is 0 Å². The molecule has 1 aliphatic heterocycles. The number of hydrazine groups is 1. The van der Waals surface area contributed by atoms with Gasteiger partial charge in [-0.25, -0.2) is 5.01 Å². The monoisotopic (exact) mass is 316 g/mol. The van der Waals surface area contributed by atoms with E-state index in [1.165, 1.54) is 6.42 Å². The fraction of sp³-hybridized carbons (Fsp3) is 0.588. The molecule has 2 amide bonds. The summed E-state index contributed by atoms with van der Waals surface area (Å²) in [6.07, 6.45) is 3.26. The van der Waals surface area contributed by atoms with Crippen LogP contribution in [0, 0.1) is 23.2 Å². The number of nitrogens with one attached hydrogen (secondary N) is 2. The summed E-state index contributed by atoms with van der Waals surface area (Å²) in [4.78, 5) is 24.5. The number of nitriles is 1. The molecule has 0 spiro atoms. The number of carbonyl (C=O) groups is 2. The van der Waals surface area contributed by atoms with Crippen LogP contribution in [0.4, 0.5) is 0 Å². The summed E-state index contributed by atoms with van der Waals surface area (Å²) in [5.41, 5.74) is 3.80. The highest BCUT2D eigenvalue weighted by Crippen LogP contribution is 2.29. The van der Waals surface area contributed by atoms with Crippen LogP contribution in [-0.4, -0.2) is 29.4 Å². The van der Waals surface area contributed by atoms with Crippen LogP contribution in [-0.2, 0) is 9.59 Å². The molecule has 0 radical (unpaired) electrons. The lowest BCUT2D eigenvalue weighted by molar-refractivity contribution is -0.136. The quantitative estimate of drug-likeness (QED) is 0.828. The zero-order valence-corrected chi connectivity index (χ0v) is 14.0. The molecule has 0 bridgehead atoms. The maximum Gasteiger partial charge on any atom is 0.283 e. The van der Waals surface area contributed by atoms with Crippen molar-refractivity contribution in [1.82, 2.24) is 15.8 Å². The van der Waals surface area contributed by atoms with Crippen molar-refractivity contribution in [2.75, 3.05) is 6.54 Å². The van der Waals surface area contributed by atoms with E-state index >= 15 is 0 Å². The molecule has 0 aromatic carbocycles. The first-order valence-electron chi connectivity index (χ1n) is 8.03. The van der Waals surface area contributed by atoms with Crippen molar-refractivity contribution in [3.8, 4) is 6.07 Å². The van der Waals surface area contributed by atoms with Gasteiger partial charge >= 0.3 is 0 Å². The van der Waals surface area contributed by atoms with Crippen molar-refractivity contribution in [1.29, 1.82) is 5.26 Å². The lowest BCUT2D eigenvalue weighted by Gasteiger charge is -2.35. The Bertz CT molecular complexity index is 602. The molecule has 1 aliphatic carbocycles. The highest BCUT2D eigenvalue weighted by molar-refractivity contribution is 6.01. The highest BCUT2D eigenvalue weighted by Gasteiger charge is 2.31.